The molecule has 0 saturated carbocycles. The van der Waals surface area contributed by atoms with Gasteiger partial charge in [0, 0.05) is 17.7 Å². The van der Waals surface area contributed by atoms with E-state index < -0.39 is 0 Å². The number of fused-ring (bicyclic) bond motifs is 1. The molecule has 0 radical (unpaired) electrons. The monoisotopic (exact) mass is 298 g/mol. The van der Waals surface area contributed by atoms with Crippen molar-refractivity contribution in [2.24, 2.45) is 0 Å². The minimum atomic E-state index is 1.03. The van der Waals surface area contributed by atoms with Crippen LogP contribution in [0.15, 0.2) is 60.8 Å². The SMILES string of the molecule is c1cc[n+]2c(c1)-c1c3ccc(c1C2)CCc1ccc(cc1)CC3. The van der Waals surface area contributed by atoms with E-state index in [1.165, 1.54) is 33.5 Å². The second kappa shape index (κ2) is 5.06. The van der Waals surface area contributed by atoms with Gasteiger partial charge < -0.3 is 0 Å². The summed E-state index contributed by atoms with van der Waals surface area (Å²) in [6.45, 7) is 1.03. The zero-order valence-electron chi connectivity index (χ0n) is 13.3. The fraction of sp³-hybridized carbons (Fsp3) is 0.227. The molecule has 5 aliphatic rings. The summed E-state index contributed by atoms with van der Waals surface area (Å²) in [6.07, 6.45) is 6.73. The molecule has 0 unspecified atom stereocenters. The number of nitrogens with zero attached hydrogens (tertiary/aromatic N) is 1. The summed E-state index contributed by atoms with van der Waals surface area (Å²) in [5.41, 5.74) is 10.4. The highest BCUT2D eigenvalue weighted by molar-refractivity contribution is 5.69. The largest absolute Gasteiger partial charge is 0.213 e. The van der Waals surface area contributed by atoms with Crippen LogP contribution in [0.4, 0.5) is 0 Å². The molecular weight excluding hydrogens is 278 g/mol. The molecule has 0 N–H and O–H groups in total. The Morgan fingerprint density at radius 2 is 1.35 bits per heavy atom. The zero-order valence-corrected chi connectivity index (χ0v) is 13.3. The second-order valence-electron chi connectivity index (χ2n) is 6.77. The van der Waals surface area contributed by atoms with Crippen molar-refractivity contribution in [3.05, 3.63) is 88.6 Å². The minimum Gasteiger partial charge on any atom is -0.194 e. The number of hydrogen-bond donors (Lipinski definition) is 0. The summed E-state index contributed by atoms with van der Waals surface area (Å²) in [5, 5.41) is 0. The topological polar surface area (TPSA) is 3.88 Å². The third-order valence-corrected chi connectivity index (χ3v) is 5.41. The van der Waals surface area contributed by atoms with E-state index in [0.717, 1.165) is 32.2 Å². The van der Waals surface area contributed by atoms with Crippen LogP contribution in [-0.4, -0.2) is 0 Å². The maximum Gasteiger partial charge on any atom is 0.213 e. The van der Waals surface area contributed by atoms with Gasteiger partial charge in [-0.1, -0.05) is 36.4 Å². The first kappa shape index (κ1) is 13.1. The second-order valence-corrected chi connectivity index (χ2v) is 6.77. The lowest BCUT2D eigenvalue weighted by Gasteiger charge is -2.13. The summed E-state index contributed by atoms with van der Waals surface area (Å²) >= 11 is 0. The maximum atomic E-state index is 2.41. The number of pyridine rings is 1. The molecule has 0 spiro atoms. The standard InChI is InChI=1S/C22H20N/c1-2-14-23-15-20-18-10-8-16-4-6-17(7-5-16)9-11-19(13-12-18)22(20)21(23)3-1/h1-7,12-14H,8-11,15H2/q+1. The van der Waals surface area contributed by atoms with Crippen molar-refractivity contribution < 1.29 is 4.57 Å². The van der Waals surface area contributed by atoms with E-state index >= 15 is 0 Å². The van der Waals surface area contributed by atoms with Gasteiger partial charge in [-0.15, -0.1) is 0 Å². The number of aryl methyl sites for hydroxylation is 4. The Bertz CT molecular complexity index is 890. The van der Waals surface area contributed by atoms with E-state index in [2.05, 4.69) is 65.4 Å². The van der Waals surface area contributed by atoms with Crippen LogP contribution in [-0.2, 0) is 32.2 Å². The van der Waals surface area contributed by atoms with Crippen LogP contribution in [0.2, 0.25) is 0 Å². The molecule has 1 aromatic heterocycles. The molecule has 0 fully saturated rings. The molecule has 1 nitrogen and oxygen atoms in total. The first-order valence-corrected chi connectivity index (χ1v) is 8.59. The van der Waals surface area contributed by atoms with Crippen LogP contribution >= 0.6 is 0 Å². The molecule has 2 heterocycles. The normalized spacial score (nSPS) is 15.0. The molecule has 0 atom stereocenters. The van der Waals surface area contributed by atoms with E-state index in [-0.39, 0.29) is 0 Å². The van der Waals surface area contributed by atoms with Gasteiger partial charge in [0.1, 0.15) is 0 Å². The molecule has 23 heavy (non-hydrogen) atoms. The number of aromatic nitrogens is 1. The summed E-state index contributed by atoms with van der Waals surface area (Å²) in [4.78, 5) is 0. The summed E-state index contributed by atoms with van der Waals surface area (Å²) in [5.74, 6) is 0. The highest BCUT2D eigenvalue weighted by Gasteiger charge is 2.30. The summed E-state index contributed by atoms with van der Waals surface area (Å²) in [7, 11) is 0. The van der Waals surface area contributed by atoms with Gasteiger partial charge in [0.15, 0.2) is 12.7 Å². The van der Waals surface area contributed by atoms with Crippen molar-refractivity contribution in [3.8, 4) is 11.3 Å². The molecule has 8 rings (SSSR count). The maximum absolute atomic E-state index is 2.41. The van der Waals surface area contributed by atoms with Crippen LogP contribution in [0.3, 0.4) is 0 Å². The number of hydrogen-bond acceptors (Lipinski definition) is 0. The zero-order chi connectivity index (χ0) is 15.2. The lowest BCUT2D eigenvalue weighted by Crippen LogP contribution is -2.31. The van der Waals surface area contributed by atoms with Crippen molar-refractivity contribution in [2.45, 2.75) is 32.2 Å². The van der Waals surface area contributed by atoms with Gasteiger partial charge in [-0.2, -0.15) is 4.57 Å². The molecule has 112 valence electrons. The van der Waals surface area contributed by atoms with Crippen LogP contribution in [0.1, 0.15) is 27.8 Å². The predicted octanol–water partition coefficient (Wildman–Crippen LogP) is 3.89. The van der Waals surface area contributed by atoms with Gasteiger partial charge in [-0.05, 0) is 54.0 Å². The van der Waals surface area contributed by atoms with Gasteiger partial charge in [0.05, 0.1) is 5.56 Å². The van der Waals surface area contributed by atoms with Gasteiger partial charge in [0.2, 0.25) is 5.69 Å². The highest BCUT2D eigenvalue weighted by Crippen LogP contribution is 2.34. The molecule has 2 aromatic carbocycles. The molecule has 0 amide bonds. The van der Waals surface area contributed by atoms with Crippen LogP contribution in [0, 0.1) is 0 Å². The summed E-state index contributed by atoms with van der Waals surface area (Å²) in [6, 6.07) is 20.6. The molecular formula is C22H20N+. The number of benzene rings is 2. The third kappa shape index (κ3) is 2.11. The van der Waals surface area contributed by atoms with E-state index in [1.807, 2.05) is 0 Å². The van der Waals surface area contributed by atoms with Crippen molar-refractivity contribution in [2.75, 3.05) is 0 Å². The van der Waals surface area contributed by atoms with Crippen molar-refractivity contribution in [1.82, 2.24) is 0 Å². The highest BCUT2D eigenvalue weighted by atomic mass is 15.0. The smallest absolute Gasteiger partial charge is 0.194 e. The van der Waals surface area contributed by atoms with Crippen LogP contribution < -0.4 is 4.57 Å². The van der Waals surface area contributed by atoms with Crippen molar-refractivity contribution in [1.29, 1.82) is 0 Å². The lowest BCUT2D eigenvalue weighted by atomic mass is 9.89. The third-order valence-electron chi connectivity index (χ3n) is 5.41. The Labute approximate surface area is 137 Å². The van der Waals surface area contributed by atoms with Gasteiger partial charge in [-0.3, -0.25) is 0 Å². The Morgan fingerprint density at radius 1 is 0.652 bits per heavy atom. The Hall–Kier alpha value is -2.41. The fourth-order valence-electron chi connectivity index (χ4n) is 4.12. The average Bonchev–Trinajstić information content (AvgIpc) is 2.97. The van der Waals surface area contributed by atoms with Crippen LogP contribution in [0.5, 0.6) is 0 Å². The van der Waals surface area contributed by atoms with Crippen molar-refractivity contribution >= 4 is 0 Å². The molecule has 4 aliphatic carbocycles. The van der Waals surface area contributed by atoms with E-state index in [0.29, 0.717) is 0 Å². The number of rotatable bonds is 0. The average molecular weight is 298 g/mol. The Kier molecular flexibility index (Phi) is 2.87. The van der Waals surface area contributed by atoms with Gasteiger partial charge in [0.25, 0.3) is 0 Å². The first-order valence-electron chi connectivity index (χ1n) is 8.59. The minimum absolute atomic E-state index is 1.03. The molecule has 1 heteroatoms. The molecule has 3 aromatic rings. The first-order chi connectivity index (χ1) is 11.4. The quantitative estimate of drug-likeness (QED) is 0.434. The van der Waals surface area contributed by atoms with E-state index in [4.69, 9.17) is 0 Å². The molecule has 0 saturated heterocycles. The molecule has 1 aliphatic heterocycles. The Balaban J connectivity index is 1.69. The predicted molar refractivity (Wildman–Crippen MR) is 92.4 cm³/mol. The lowest BCUT2D eigenvalue weighted by molar-refractivity contribution is -0.672. The van der Waals surface area contributed by atoms with Gasteiger partial charge >= 0.3 is 0 Å². The fourth-order valence-corrected chi connectivity index (χ4v) is 4.12. The van der Waals surface area contributed by atoms with Crippen molar-refractivity contribution in [3.63, 3.8) is 0 Å². The van der Waals surface area contributed by atoms with E-state index in [1.54, 1.807) is 5.56 Å². The van der Waals surface area contributed by atoms with Gasteiger partial charge in [-0.25, -0.2) is 0 Å². The van der Waals surface area contributed by atoms with E-state index in [9.17, 15) is 0 Å². The Morgan fingerprint density at radius 3 is 2.13 bits per heavy atom. The molecule has 4 bridgehead atoms. The van der Waals surface area contributed by atoms with Crippen LogP contribution in [0.25, 0.3) is 11.3 Å². The summed E-state index contributed by atoms with van der Waals surface area (Å²) < 4.78 is 2.41.